The van der Waals surface area contributed by atoms with E-state index in [1.54, 1.807) is 32.9 Å². The van der Waals surface area contributed by atoms with E-state index in [0.717, 1.165) is 11.1 Å². The lowest BCUT2D eigenvalue weighted by molar-refractivity contribution is -0.154. The van der Waals surface area contributed by atoms with Crippen LogP contribution in [-0.2, 0) is 14.3 Å². The number of hydrogen-bond acceptors (Lipinski definition) is 5. The molecule has 0 radical (unpaired) electrons. The van der Waals surface area contributed by atoms with Crippen molar-refractivity contribution in [2.45, 2.75) is 52.2 Å². The van der Waals surface area contributed by atoms with Gasteiger partial charge in [0, 0.05) is 17.5 Å². The normalized spacial score (nSPS) is 11.9. The van der Waals surface area contributed by atoms with Gasteiger partial charge in [0.1, 0.15) is 0 Å². The Hall–Kier alpha value is -3.48. The Kier molecular flexibility index (Phi) is 8.07. The summed E-state index contributed by atoms with van der Waals surface area (Å²) in [5.41, 5.74) is 2.03. The first-order valence-corrected chi connectivity index (χ1v) is 10.1. The summed E-state index contributed by atoms with van der Waals surface area (Å²) in [5, 5.41) is 4.69. The fraction of sp³-hybridized carbons (Fsp3) is 0.333. The zero-order valence-corrected chi connectivity index (χ0v) is 18.2. The van der Waals surface area contributed by atoms with Crippen molar-refractivity contribution >= 4 is 23.7 Å². The molecule has 0 bridgehead atoms. The van der Waals surface area contributed by atoms with Crippen molar-refractivity contribution in [3.8, 4) is 11.1 Å². The molecule has 0 aromatic heterocycles. The molecule has 0 aliphatic heterocycles. The molecule has 0 unspecified atom stereocenters. The van der Waals surface area contributed by atoms with E-state index in [1.807, 2.05) is 42.5 Å². The van der Waals surface area contributed by atoms with Crippen molar-refractivity contribution in [1.82, 2.24) is 10.6 Å². The molecule has 2 N–H and O–H groups in total. The number of benzene rings is 2. The van der Waals surface area contributed by atoms with Crippen LogP contribution >= 0.6 is 0 Å². The standard InChI is InChI=1S/C24H28N2O5/c1-16(22(29)25-23(30)26-24(2,3)4)31-21(28)15-14-20(27)19-12-10-18(11-13-19)17-8-6-5-7-9-17/h5-13,16H,14-15H2,1-4H3,(H2,25,26,29,30)/t16-/m1/s1. The number of imide groups is 1. The molecule has 1 atom stereocenters. The summed E-state index contributed by atoms with van der Waals surface area (Å²) in [7, 11) is 0. The minimum Gasteiger partial charge on any atom is -0.453 e. The molecule has 3 amide bonds. The number of carbonyl (C=O) groups is 4. The Labute approximate surface area is 182 Å². The first-order chi connectivity index (χ1) is 14.5. The van der Waals surface area contributed by atoms with Gasteiger partial charge in [-0.3, -0.25) is 19.7 Å². The number of rotatable bonds is 7. The first kappa shape index (κ1) is 23.8. The molecular weight excluding hydrogens is 396 g/mol. The van der Waals surface area contributed by atoms with Crippen LogP contribution in [0.25, 0.3) is 11.1 Å². The van der Waals surface area contributed by atoms with Gasteiger partial charge < -0.3 is 10.1 Å². The Morgan fingerprint density at radius 2 is 1.45 bits per heavy atom. The zero-order chi connectivity index (χ0) is 23.0. The summed E-state index contributed by atoms with van der Waals surface area (Å²) >= 11 is 0. The van der Waals surface area contributed by atoms with Gasteiger partial charge in [-0.05, 0) is 38.8 Å². The maximum atomic E-state index is 12.4. The van der Waals surface area contributed by atoms with Gasteiger partial charge in [-0.2, -0.15) is 0 Å². The summed E-state index contributed by atoms with van der Waals surface area (Å²) in [6, 6.07) is 16.3. The van der Waals surface area contributed by atoms with Gasteiger partial charge in [-0.15, -0.1) is 0 Å². The maximum Gasteiger partial charge on any atom is 0.321 e. The zero-order valence-electron chi connectivity index (χ0n) is 18.2. The molecule has 7 heteroatoms. The van der Waals surface area contributed by atoms with Crippen LogP contribution in [0, 0.1) is 0 Å². The van der Waals surface area contributed by atoms with Gasteiger partial charge in [0.15, 0.2) is 11.9 Å². The number of Topliss-reactive ketones (excluding diaryl/α,β-unsaturated/α-hetero) is 1. The highest BCUT2D eigenvalue weighted by atomic mass is 16.5. The molecule has 7 nitrogen and oxygen atoms in total. The molecule has 2 aromatic rings. The van der Waals surface area contributed by atoms with Crippen LogP contribution in [0.2, 0.25) is 0 Å². The van der Waals surface area contributed by atoms with Crippen molar-refractivity contribution < 1.29 is 23.9 Å². The average molecular weight is 424 g/mol. The summed E-state index contributed by atoms with van der Waals surface area (Å²) in [5.74, 6) is -1.62. The van der Waals surface area contributed by atoms with Crippen LogP contribution in [0.5, 0.6) is 0 Å². The second kappa shape index (κ2) is 10.5. The number of nitrogens with one attached hydrogen (secondary N) is 2. The molecule has 31 heavy (non-hydrogen) atoms. The van der Waals surface area contributed by atoms with Crippen LogP contribution in [0.1, 0.15) is 50.9 Å². The summed E-state index contributed by atoms with van der Waals surface area (Å²) in [6.45, 7) is 6.67. The van der Waals surface area contributed by atoms with Gasteiger partial charge in [-0.1, -0.05) is 54.6 Å². The maximum absolute atomic E-state index is 12.4. The van der Waals surface area contributed by atoms with E-state index < -0.39 is 29.6 Å². The second-order valence-electron chi connectivity index (χ2n) is 8.19. The number of amides is 3. The minimum atomic E-state index is -1.15. The average Bonchev–Trinajstić information content (AvgIpc) is 2.71. The summed E-state index contributed by atoms with van der Waals surface area (Å²) in [6.07, 6.45) is -1.36. The smallest absolute Gasteiger partial charge is 0.321 e. The molecule has 0 aliphatic carbocycles. The summed E-state index contributed by atoms with van der Waals surface area (Å²) in [4.78, 5) is 48.0. The van der Waals surface area contributed by atoms with Crippen molar-refractivity contribution in [1.29, 1.82) is 0 Å². The van der Waals surface area contributed by atoms with E-state index >= 15 is 0 Å². The largest absolute Gasteiger partial charge is 0.453 e. The van der Waals surface area contributed by atoms with Crippen LogP contribution in [0.4, 0.5) is 4.79 Å². The van der Waals surface area contributed by atoms with Gasteiger partial charge in [0.2, 0.25) is 0 Å². The van der Waals surface area contributed by atoms with Crippen LogP contribution in [-0.4, -0.2) is 35.3 Å². The van der Waals surface area contributed by atoms with Gasteiger partial charge in [0.25, 0.3) is 5.91 Å². The number of urea groups is 1. The van der Waals surface area contributed by atoms with Gasteiger partial charge in [0.05, 0.1) is 6.42 Å². The number of carbonyl (C=O) groups excluding carboxylic acids is 4. The van der Waals surface area contributed by atoms with Crippen molar-refractivity contribution in [3.63, 3.8) is 0 Å². The highest BCUT2D eigenvalue weighted by Crippen LogP contribution is 2.20. The lowest BCUT2D eigenvalue weighted by atomic mass is 10.0. The predicted octanol–water partition coefficient (Wildman–Crippen LogP) is 3.87. The highest BCUT2D eigenvalue weighted by molar-refractivity contribution is 5.99. The molecular formula is C24H28N2O5. The highest BCUT2D eigenvalue weighted by Gasteiger charge is 2.22. The predicted molar refractivity (Wildman–Crippen MR) is 117 cm³/mol. The van der Waals surface area contributed by atoms with E-state index in [9.17, 15) is 19.2 Å². The third-order valence-corrected chi connectivity index (χ3v) is 4.27. The van der Waals surface area contributed by atoms with Crippen molar-refractivity contribution in [3.05, 3.63) is 60.2 Å². The summed E-state index contributed by atoms with van der Waals surface area (Å²) < 4.78 is 5.02. The fourth-order valence-electron chi connectivity index (χ4n) is 2.73. The Morgan fingerprint density at radius 1 is 0.871 bits per heavy atom. The van der Waals surface area contributed by atoms with Gasteiger partial charge in [-0.25, -0.2) is 4.79 Å². The lowest BCUT2D eigenvalue weighted by Crippen LogP contribution is -2.50. The number of ether oxygens (including phenoxy) is 1. The van der Waals surface area contributed by atoms with Crippen LogP contribution in [0.15, 0.2) is 54.6 Å². The molecule has 2 aromatic carbocycles. The molecule has 0 aliphatic rings. The van der Waals surface area contributed by atoms with E-state index in [-0.39, 0.29) is 18.6 Å². The monoisotopic (exact) mass is 424 g/mol. The number of hydrogen-bond donors (Lipinski definition) is 2. The molecule has 164 valence electrons. The molecule has 0 fully saturated rings. The molecule has 0 saturated heterocycles. The Bertz CT molecular complexity index is 931. The molecule has 0 saturated carbocycles. The topological polar surface area (TPSA) is 102 Å². The van der Waals surface area contributed by atoms with Crippen molar-refractivity contribution in [2.75, 3.05) is 0 Å². The quantitative estimate of drug-likeness (QED) is 0.519. The van der Waals surface area contributed by atoms with Crippen LogP contribution in [0.3, 0.4) is 0 Å². The second-order valence-corrected chi connectivity index (χ2v) is 8.19. The van der Waals surface area contributed by atoms with Crippen molar-refractivity contribution in [2.24, 2.45) is 0 Å². The van der Waals surface area contributed by atoms with E-state index in [1.165, 1.54) is 6.92 Å². The number of ketones is 1. The molecule has 0 heterocycles. The van der Waals surface area contributed by atoms with Crippen LogP contribution < -0.4 is 10.6 Å². The number of esters is 1. The Balaban J connectivity index is 1.80. The van der Waals surface area contributed by atoms with Gasteiger partial charge >= 0.3 is 12.0 Å². The van der Waals surface area contributed by atoms with E-state index in [2.05, 4.69) is 10.6 Å². The lowest BCUT2D eigenvalue weighted by Gasteiger charge is -2.21. The minimum absolute atomic E-state index is 0.0393. The SMILES string of the molecule is C[C@@H](OC(=O)CCC(=O)c1ccc(-c2ccccc2)cc1)C(=O)NC(=O)NC(C)(C)C. The third kappa shape index (κ3) is 8.04. The van der Waals surface area contributed by atoms with E-state index in [4.69, 9.17) is 4.74 Å². The molecule has 0 spiro atoms. The Morgan fingerprint density at radius 3 is 2.03 bits per heavy atom. The third-order valence-electron chi connectivity index (χ3n) is 4.27. The van der Waals surface area contributed by atoms with E-state index in [0.29, 0.717) is 5.56 Å². The fourth-order valence-corrected chi connectivity index (χ4v) is 2.73. The molecule has 2 rings (SSSR count). The first-order valence-electron chi connectivity index (χ1n) is 10.1.